The van der Waals surface area contributed by atoms with Crippen molar-refractivity contribution in [2.75, 3.05) is 19.7 Å². The highest BCUT2D eigenvalue weighted by Gasteiger charge is 2.18. The summed E-state index contributed by atoms with van der Waals surface area (Å²) in [6.45, 7) is 12.4. The van der Waals surface area contributed by atoms with E-state index in [4.69, 9.17) is 4.74 Å². The first-order valence-electron chi connectivity index (χ1n) is 9.00. The number of piperidine rings is 1. The zero-order valence-corrected chi connectivity index (χ0v) is 14.9. The Morgan fingerprint density at radius 2 is 1.91 bits per heavy atom. The van der Waals surface area contributed by atoms with E-state index in [9.17, 15) is 0 Å². The van der Waals surface area contributed by atoms with E-state index < -0.39 is 0 Å². The smallest absolute Gasteiger partial charge is 0.119 e. The van der Waals surface area contributed by atoms with Gasteiger partial charge in [-0.25, -0.2) is 0 Å². The van der Waals surface area contributed by atoms with E-state index in [0.29, 0.717) is 0 Å². The molecular weight excluding hydrogens is 270 g/mol. The van der Waals surface area contributed by atoms with E-state index in [2.05, 4.69) is 56.9 Å². The quantitative estimate of drug-likeness (QED) is 0.656. The third-order valence-electron chi connectivity index (χ3n) is 5.32. The van der Waals surface area contributed by atoms with Gasteiger partial charge in [0.1, 0.15) is 5.75 Å². The lowest BCUT2D eigenvalue weighted by Gasteiger charge is -2.33. The van der Waals surface area contributed by atoms with E-state index in [0.717, 1.165) is 31.2 Å². The molecular formula is C20H33NO. The molecule has 1 aliphatic rings. The maximum Gasteiger partial charge on any atom is 0.119 e. The summed E-state index contributed by atoms with van der Waals surface area (Å²) in [5.74, 6) is 1.00. The van der Waals surface area contributed by atoms with Crippen LogP contribution in [0.25, 0.3) is 0 Å². The van der Waals surface area contributed by atoms with Crippen molar-refractivity contribution in [2.24, 2.45) is 0 Å². The van der Waals surface area contributed by atoms with Crippen LogP contribution in [0.15, 0.2) is 24.3 Å². The van der Waals surface area contributed by atoms with Gasteiger partial charge in [-0.1, -0.05) is 39.3 Å². The molecule has 22 heavy (non-hydrogen) atoms. The Morgan fingerprint density at radius 3 is 2.55 bits per heavy atom. The Labute approximate surface area is 136 Å². The molecule has 0 radical (unpaired) electrons. The second-order valence-corrected chi connectivity index (χ2v) is 7.34. The van der Waals surface area contributed by atoms with E-state index in [1.165, 1.54) is 37.9 Å². The number of hydrogen-bond acceptors (Lipinski definition) is 2. The number of ether oxygens (including phenoxy) is 1. The van der Waals surface area contributed by atoms with Crippen molar-refractivity contribution in [3.05, 3.63) is 29.8 Å². The van der Waals surface area contributed by atoms with Gasteiger partial charge < -0.3 is 9.64 Å². The van der Waals surface area contributed by atoms with Crippen molar-refractivity contribution in [1.29, 1.82) is 0 Å². The fourth-order valence-electron chi connectivity index (χ4n) is 3.15. The lowest BCUT2D eigenvalue weighted by atomic mass is 9.82. The second-order valence-electron chi connectivity index (χ2n) is 7.34. The first kappa shape index (κ1) is 17.3. The molecule has 0 spiro atoms. The summed E-state index contributed by atoms with van der Waals surface area (Å²) in [6, 6.07) is 9.42. The van der Waals surface area contributed by atoms with Crippen molar-refractivity contribution < 1.29 is 4.74 Å². The molecule has 1 aliphatic heterocycles. The molecule has 1 atom stereocenters. The summed E-state index contributed by atoms with van der Waals surface area (Å²) < 4.78 is 5.91. The number of hydrogen-bond donors (Lipinski definition) is 0. The lowest BCUT2D eigenvalue weighted by Crippen LogP contribution is -2.38. The highest BCUT2D eigenvalue weighted by Crippen LogP contribution is 2.28. The molecule has 0 saturated carbocycles. The fourth-order valence-corrected chi connectivity index (χ4v) is 3.15. The molecule has 1 saturated heterocycles. The summed E-state index contributed by atoms with van der Waals surface area (Å²) in [7, 11) is 0. The highest BCUT2D eigenvalue weighted by atomic mass is 16.5. The molecule has 0 N–H and O–H groups in total. The molecule has 0 bridgehead atoms. The summed E-state index contributed by atoms with van der Waals surface area (Å²) in [5.41, 5.74) is 1.65. The van der Waals surface area contributed by atoms with E-state index >= 15 is 0 Å². The number of rotatable bonds is 7. The molecule has 0 aromatic heterocycles. The highest BCUT2D eigenvalue weighted by molar-refractivity contribution is 5.31. The van der Waals surface area contributed by atoms with Gasteiger partial charge in [0.15, 0.2) is 0 Å². The van der Waals surface area contributed by atoms with Gasteiger partial charge in [0, 0.05) is 12.6 Å². The summed E-state index contributed by atoms with van der Waals surface area (Å²) >= 11 is 0. The molecule has 124 valence electrons. The maximum atomic E-state index is 5.91. The molecule has 1 aromatic rings. The van der Waals surface area contributed by atoms with Crippen LogP contribution < -0.4 is 4.74 Å². The average Bonchev–Trinajstić information content (AvgIpc) is 2.53. The first-order valence-corrected chi connectivity index (χ1v) is 9.00. The van der Waals surface area contributed by atoms with Crippen LogP contribution >= 0.6 is 0 Å². The van der Waals surface area contributed by atoms with Gasteiger partial charge >= 0.3 is 0 Å². The van der Waals surface area contributed by atoms with Crippen LogP contribution in [-0.4, -0.2) is 30.6 Å². The van der Waals surface area contributed by atoms with Crippen molar-refractivity contribution in [1.82, 2.24) is 4.90 Å². The van der Waals surface area contributed by atoms with Gasteiger partial charge in [-0.2, -0.15) is 0 Å². The molecule has 0 amide bonds. The van der Waals surface area contributed by atoms with Gasteiger partial charge in [-0.05, 0) is 62.3 Å². The van der Waals surface area contributed by atoms with Gasteiger partial charge in [-0.3, -0.25) is 0 Å². The topological polar surface area (TPSA) is 12.5 Å². The Balaban J connectivity index is 1.73. The molecule has 1 unspecified atom stereocenters. The number of benzene rings is 1. The standard InChI is InChI=1S/C20H33NO/c1-5-20(3,4)18-10-12-19(13-11-18)22-16-8-15-21-14-7-6-9-17(21)2/h10-13,17H,5-9,14-16H2,1-4H3. The lowest BCUT2D eigenvalue weighted by molar-refractivity contribution is 0.148. The number of likely N-dealkylation sites (tertiary alicyclic amines) is 1. The third-order valence-corrected chi connectivity index (χ3v) is 5.32. The predicted octanol–water partition coefficient (Wildman–Crippen LogP) is 5.02. The van der Waals surface area contributed by atoms with E-state index in [1.807, 2.05) is 0 Å². The molecule has 2 nitrogen and oxygen atoms in total. The normalized spacial score (nSPS) is 20.1. The van der Waals surface area contributed by atoms with Crippen molar-refractivity contribution in [2.45, 2.75) is 71.3 Å². The number of nitrogens with zero attached hydrogens (tertiary/aromatic N) is 1. The monoisotopic (exact) mass is 303 g/mol. The zero-order valence-electron chi connectivity index (χ0n) is 14.9. The SMILES string of the molecule is CCC(C)(C)c1ccc(OCCCN2CCCCC2C)cc1. The minimum atomic E-state index is 0.253. The summed E-state index contributed by atoms with van der Waals surface area (Å²) in [4.78, 5) is 2.61. The van der Waals surface area contributed by atoms with Crippen LogP contribution in [0, 0.1) is 0 Å². The summed E-state index contributed by atoms with van der Waals surface area (Å²) in [5, 5.41) is 0. The van der Waals surface area contributed by atoms with Gasteiger partial charge in [0.05, 0.1) is 6.61 Å². The molecule has 2 rings (SSSR count). The Hall–Kier alpha value is -1.02. The molecule has 1 fully saturated rings. The van der Waals surface area contributed by atoms with Crippen molar-refractivity contribution in [3.63, 3.8) is 0 Å². The second kappa shape index (κ2) is 8.01. The minimum Gasteiger partial charge on any atom is -0.494 e. The van der Waals surface area contributed by atoms with Gasteiger partial charge in [0.2, 0.25) is 0 Å². The Kier molecular flexibility index (Phi) is 6.31. The Morgan fingerprint density at radius 1 is 1.18 bits per heavy atom. The third kappa shape index (κ3) is 4.74. The van der Waals surface area contributed by atoms with Crippen molar-refractivity contribution in [3.8, 4) is 5.75 Å². The fraction of sp³-hybridized carbons (Fsp3) is 0.700. The van der Waals surface area contributed by atoms with Crippen LogP contribution in [-0.2, 0) is 5.41 Å². The molecule has 2 heteroatoms. The minimum absolute atomic E-state index is 0.253. The summed E-state index contributed by atoms with van der Waals surface area (Å²) in [6.07, 6.45) is 6.39. The average molecular weight is 303 g/mol. The van der Waals surface area contributed by atoms with Gasteiger partial charge in [-0.15, -0.1) is 0 Å². The van der Waals surface area contributed by atoms with E-state index in [-0.39, 0.29) is 5.41 Å². The molecule has 0 aliphatic carbocycles. The van der Waals surface area contributed by atoms with E-state index in [1.54, 1.807) is 0 Å². The zero-order chi connectivity index (χ0) is 16.0. The van der Waals surface area contributed by atoms with Crippen molar-refractivity contribution >= 4 is 0 Å². The van der Waals surface area contributed by atoms with Crippen LogP contribution in [0.1, 0.15) is 65.4 Å². The molecule has 1 heterocycles. The van der Waals surface area contributed by atoms with Crippen LogP contribution in [0.3, 0.4) is 0 Å². The maximum absolute atomic E-state index is 5.91. The van der Waals surface area contributed by atoms with Crippen LogP contribution in [0.2, 0.25) is 0 Å². The molecule has 1 aromatic carbocycles. The Bertz CT molecular complexity index is 438. The first-order chi connectivity index (χ1) is 10.5. The predicted molar refractivity (Wildman–Crippen MR) is 94.8 cm³/mol. The van der Waals surface area contributed by atoms with Gasteiger partial charge in [0.25, 0.3) is 0 Å². The largest absolute Gasteiger partial charge is 0.494 e. The van der Waals surface area contributed by atoms with Crippen LogP contribution in [0.4, 0.5) is 0 Å². The van der Waals surface area contributed by atoms with Crippen LogP contribution in [0.5, 0.6) is 5.75 Å².